The van der Waals surface area contributed by atoms with Gasteiger partial charge in [-0.3, -0.25) is 4.79 Å². The molecule has 0 aliphatic heterocycles. The van der Waals surface area contributed by atoms with Gasteiger partial charge in [0.25, 0.3) is 0 Å². The van der Waals surface area contributed by atoms with Gasteiger partial charge in [0, 0.05) is 11.1 Å². The van der Waals surface area contributed by atoms with Crippen molar-refractivity contribution in [1.29, 1.82) is 0 Å². The van der Waals surface area contributed by atoms with E-state index in [9.17, 15) is 4.79 Å². The molecule has 1 aromatic heterocycles. The zero-order valence-corrected chi connectivity index (χ0v) is 10.0. The van der Waals surface area contributed by atoms with E-state index in [1.807, 2.05) is 12.1 Å². The van der Waals surface area contributed by atoms with Gasteiger partial charge >= 0.3 is 0 Å². The van der Waals surface area contributed by atoms with Crippen LogP contribution in [0.2, 0.25) is 5.02 Å². The van der Waals surface area contributed by atoms with Crippen LogP contribution in [-0.2, 0) is 6.61 Å². The average molecular weight is 251 g/mol. The molecule has 0 fully saturated rings. The number of hydrogen-bond acceptors (Lipinski definition) is 3. The predicted octanol–water partition coefficient (Wildman–Crippen LogP) is 3.18. The van der Waals surface area contributed by atoms with Crippen molar-refractivity contribution in [3.63, 3.8) is 0 Å². The minimum Gasteiger partial charge on any atom is -0.482 e. The number of aryl methyl sites for hydroxylation is 1. The first-order valence-electron chi connectivity index (χ1n) is 5.12. The minimum absolute atomic E-state index is 0.184. The fraction of sp³-hybridized carbons (Fsp3) is 0.154. The Bertz CT molecular complexity index is 575. The maximum Gasteiger partial charge on any atom is 0.226 e. The van der Waals surface area contributed by atoms with E-state index >= 15 is 0 Å². The van der Waals surface area contributed by atoms with Crippen LogP contribution in [0.3, 0.4) is 0 Å². The molecule has 0 saturated heterocycles. The highest BCUT2D eigenvalue weighted by atomic mass is 35.5. The Kier molecular flexibility index (Phi) is 3.49. The molecule has 0 unspecified atom stereocenters. The molecule has 2 aromatic rings. The molecule has 2 rings (SSSR count). The molecule has 88 valence electrons. The highest BCUT2D eigenvalue weighted by Crippen LogP contribution is 2.13. The van der Waals surface area contributed by atoms with Crippen LogP contribution >= 0.6 is 11.6 Å². The van der Waals surface area contributed by atoms with Crippen molar-refractivity contribution in [3.8, 4) is 5.75 Å². The second-order valence-corrected chi connectivity index (χ2v) is 4.07. The van der Waals surface area contributed by atoms with Gasteiger partial charge in [0.1, 0.15) is 18.6 Å². The SMILES string of the molecule is Cc1cc(=O)c(OCc2cccc(Cl)c2)co1. The first-order valence-corrected chi connectivity index (χ1v) is 5.49. The van der Waals surface area contributed by atoms with E-state index < -0.39 is 0 Å². The maximum absolute atomic E-state index is 11.5. The van der Waals surface area contributed by atoms with E-state index in [1.54, 1.807) is 19.1 Å². The molecular weight excluding hydrogens is 240 g/mol. The number of hydrogen-bond donors (Lipinski definition) is 0. The first kappa shape index (κ1) is 11.7. The van der Waals surface area contributed by atoms with E-state index in [1.165, 1.54) is 12.3 Å². The monoisotopic (exact) mass is 250 g/mol. The van der Waals surface area contributed by atoms with E-state index in [0.717, 1.165) is 5.56 Å². The topological polar surface area (TPSA) is 39.4 Å². The van der Waals surface area contributed by atoms with Gasteiger partial charge in [-0.25, -0.2) is 0 Å². The normalized spacial score (nSPS) is 10.2. The molecule has 0 saturated carbocycles. The summed E-state index contributed by atoms with van der Waals surface area (Å²) in [6.45, 7) is 2.00. The molecule has 0 amide bonds. The third-order valence-corrected chi connectivity index (χ3v) is 2.45. The molecule has 4 heteroatoms. The maximum atomic E-state index is 11.5. The van der Waals surface area contributed by atoms with Crippen molar-refractivity contribution in [2.24, 2.45) is 0 Å². The van der Waals surface area contributed by atoms with E-state index in [-0.39, 0.29) is 17.8 Å². The van der Waals surface area contributed by atoms with Crippen molar-refractivity contribution in [1.82, 2.24) is 0 Å². The van der Waals surface area contributed by atoms with Gasteiger partial charge in [-0.15, -0.1) is 0 Å². The van der Waals surface area contributed by atoms with Crippen LogP contribution < -0.4 is 10.2 Å². The van der Waals surface area contributed by atoms with Gasteiger partial charge in [-0.2, -0.15) is 0 Å². The number of rotatable bonds is 3. The van der Waals surface area contributed by atoms with Crippen molar-refractivity contribution in [3.05, 3.63) is 63.2 Å². The summed E-state index contributed by atoms with van der Waals surface area (Å²) in [5.41, 5.74) is 0.716. The zero-order valence-electron chi connectivity index (χ0n) is 9.27. The second-order valence-electron chi connectivity index (χ2n) is 3.64. The molecular formula is C13H11ClO3. The van der Waals surface area contributed by atoms with Crippen LogP contribution in [0.25, 0.3) is 0 Å². The third kappa shape index (κ3) is 3.11. The zero-order chi connectivity index (χ0) is 12.3. The van der Waals surface area contributed by atoms with Crippen LogP contribution in [0.4, 0.5) is 0 Å². The lowest BCUT2D eigenvalue weighted by Crippen LogP contribution is -2.07. The largest absolute Gasteiger partial charge is 0.482 e. The van der Waals surface area contributed by atoms with E-state index in [0.29, 0.717) is 10.8 Å². The highest BCUT2D eigenvalue weighted by molar-refractivity contribution is 6.30. The lowest BCUT2D eigenvalue weighted by molar-refractivity contribution is 0.290. The summed E-state index contributed by atoms with van der Waals surface area (Å²) < 4.78 is 10.5. The van der Waals surface area contributed by atoms with Crippen molar-refractivity contribution < 1.29 is 9.15 Å². The van der Waals surface area contributed by atoms with Crippen LogP contribution in [0.5, 0.6) is 5.75 Å². The molecule has 0 N–H and O–H groups in total. The van der Waals surface area contributed by atoms with E-state index in [4.69, 9.17) is 20.8 Å². The highest BCUT2D eigenvalue weighted by Gasteiger charge is 2.03. The number of ether oxygens (including phenoxy) is 1. The Hall–Kier alpha value is -1.74. The Labute approximate surface area is 104 Å². The molecule has 0 radical (unpaired) electrons. The van der Waals surface area contributed by atoms with E-state index in [2.05, 4.69) is 0 Å². The minimum atomic E-state index is -0.184. The second kappa shape index (κ2) is 5.06. The van der Waals surface area contributed by atoms with Crippen molar-refractivity contribution >= 4 is 11.6 Å². The standard InChI is InChI=1S/C13H11ClO3/c1-9-5-12(15)13(8-16-9)17-7-10-3-2-4-11(14)6-10/h2-6,8H,7H2,1H3. The lowest BCUT2D eigenvalue weighted by atomic mass is 10.2. The molecule has 0 bridgehead atoms. The molecule has 1 heterocycles. The van der Waals surface area contributed by atoms with Gasteiger partial charge in [0.05, 0.1) is 0 Å². The predicted molar refractivity (Wildman–Crippen MR) is 65.5 cm³/mol. The quantitative estimate of drug-likeness (QED) is 0.840. The van der Waals surface area contributed by atoms with Gasteiger partial charge < -0.3 is 9.15 Å². The Balaban J connectivity index is 2.10. The number of benzene rings is 1. The molecule has 0 aliphatic carbocycles. The number of halogens is 1. The summed E-state index contributed by atoms with van der Waals surface area (Å²) in [5, 5.41) is 0.641. The summed E-state index contributed by atoms with van der Waals surface area (Å²) >= 11 is 5.84. The Morgan fingerprint density at radius 3 is 2.88 bits per heavy atom. The molecule has 0 spiro atoms. The first-order chi connectivity index (χ1) is 8.15. The van der Waals surface area contributed by atoms with Crippen molar-refractivity contribution in [2.75, 3.05) is 0 Å². The fourth-order valence-corrected chi connectivity index (χ4v) is 1.60. The fourth-order valence-electron chi connectivity index (χ4n) is 1.39. The van der Waals surface area contributed by atoms with Gasteiger partial charge in [-0.1, -0.05) is 23.7 Å². The molecule has 0 aliphatic rings. The van der Waals surface area contributed by atoms with Crippen molar-refractivity contribution in [2.45, 2.75) is 13.5 Å². The van der Waals surface area contributed by atoms with Gasteiger partial charge in [0.15, 0.2) is 0 Å². The Morgan fingerprint density at radius 1 is 1.35 bits per heavy atom. The summed E-state index contributed by atoms with van der Waals surface area (Å²) in [4.78, 5) is 11.5. The van der Waals surface area contributed by atoms with Gasteiger partial charge in [-0.05, 0) is 24.6 Å². The van der Waals surface area contributed by atoms with Crippen LogP contribution in [0, 0.1) is 6.92 Å². The van der Waals surface area contributed by atoms with Crippen LogP contribution in [-0.4, -0.2) is 0 Å². The summed E-state index contributed by atoms with van der Waals surface area (Å²) in [7, 11) is 0. The van der Waals surface area contributed by atoms with Crippen LogP contribution in [0.15, 0.2) is 45.8 Å². The molecule has 17 heavy (non-hydrogen) atoms. The molecule has 1 aromatic carbocycles. The smallest absolute Gasteiger partial charge is 0.226 e. The lowest BCUT2D eigenvalue weighted by Gasteiger charge is -2.05. The van der Waals surface area contributed by atoms with Gasteiger partial charge in [0.2, 0.25) is 11.2 Å². The summed E-state index contributed by atoms with van der Waals surface area (Å²) in [5.74, 6) is 0.765. The Morgan fingerprint density at radius 2 is 2.18 bits per heavy atom. The molecule has 0 atom stereocenters. The average Bonchev–Trinajstić information content (AvgIpc) is 2.28. The summed E-state index contributed by atoms with van der Waals surface area (Å²) in [6, 6.07) is 8.68. The third-order valence-electron chi connectivity index (χ3n) is 2.21. The molecule has 3 nitrogen and oxygen atoms in total. The summed E-state index contributed by atoms with van der Waals surface area (Å²) in [6.07, 6.45) is 1.32. The van der Waals surface area contributed by atoms with Crippen LogP contribution in [0.1, 0.15) is 11.3 Å².